The monoisotopic (exact) mass is 352 g/mol. The highest BCUT2D eigenvalue weighted by Gasteiger charge is 2.08. The number of hydrogen-bond donors (Lipinski definition) is 1. The molecule has 8 heteroatoms. The molecule has 0 aliphatic rings. The predicted molar refractivity (Wildman–Crippen MR) is 99.2 cm³/mol. The fourth-order valence-corrected chi connectivity index (χ4v) is 2.46. The zero-order valence-electron chi connectivity index (χ0n) is 14.2. The first-order valence-corrected chi connectivity index (χ1v) is 7.66. The molecule has 1 N–H and O–H groups in total. The van der Waals surface area contributed by atoms with Gasteiger partial charge in [0.05, 0.1) is 25.4 Å². The summed E-state index contributed by atoms with van der Waals surface area (Å²) in [7, 11) is 3.20. The molecule has 2 aromatic carbocycles. The van der Waals surface area contributed by atoms with Gasteiger partial charge in [-0.25, -0.2) is 4.98 Å². The molecule has 0 unspecified atom stereocenters. The lowest BCUT2D eigenvalue weighted by Crippen LogP contribution is -1.97. The fraction of sp³-hybridized carbons (Fsp3) is 0.111. The van der Waals surface area contributed by atoms with E-state index in [4.69, 9.17) is 9.47 Å². The SMILES string of the molecule is COc1ccc2ccc(OC)c(/C=N/Nc3ccc([N+](=O)[O-])cn3)c2c1. The molecule has 0 atom stereocenters. The Balaban J connectivity index is 1.91. The lowest BCUT2D eigenvalue weighted by atomic mass is 10.0. The smallest absolute Gasteiger partial charge is 0.287 e. The second-order valence-corrected chi connectivity index (χ2v) is 5.30. The molecule has 0 saturated carbocycles. The fourth-order valence-electron chi connectivity index (χ4n) is 2.46. The number of fused-ring (bicyclic) bond motifs is 1. The van der Waals surface area contributed by atoms with Crippen molar-refractivity contribution < 1.29 is 14.4 Å². The maximum absolute atomic E-state index is 10.6. The van der Waals surface area contributed by atoms with Crippen LogP contribution in [0.25, 0.3) is 10.8 Å². The van der Waals surface area contributed by atoms with E-state index in [9.17, 15) is 10.1 Å². The molecule has 26 heavy (non-hydrogen) atoms. The number of pyridine rings is 1. The number of rotatable bonds is 6. The van der Waals surface area contributed by atoms with Gasteiger partial charge in [-0.1, -0.05) is 12.1 Å². The van der Waals surface area contributed by atoms with Crippen LogP contribution in [0.5, 0.6) is 11.5 Å². The summed E-state index contributed by atoms with van der Waals surface area (Å²) >= 11 is 0. The number of nitrogens with one attached hydrogen (secondary N) is 1. The third-order valence-electron chi connectivity index (χ3n) is 3.78. The highest BCUT2D eigenvalue weighted by Crippen LogP contribution is 2.29. The van der Waals surface area contributed by atoms with E-state index >= 15 is 0 Å². The topological polar surface area (TPSA) is 98.9 Å². The van der Waals surface area contributed by atoms with Gasteiger partial charge in [-0.2, -0.15) is 5.10 Å². The van der Waals surface area contributed by atoms with Gasteiger partial charge in [0.25, 0.3) is 5.69 Å². The molecule has 0 bridgehead atoms. The lowest BCUT2D eigenvalue weighted by Gasteiger charge is -2.10. The molecular weight excluding hydrogens is 336 g/mol. The number of benzene rings is 2. The summed E-state index contributed by atoms with van der Waals surface area (Å²) in [4.78, 5) is 14.1. The van der Waals surface area contributed by atoms with Gasteiger partial charge >= 0.3 is 0 Å². The van der Waals surface area contributed by atoms with Crippen LogP contribution in [0.2, 0.25) is 0 Å². The average Bonchev–Trinajstić information content (AvgIpc) is 2.68. The highest BCUT2D eigenvalue weighted by molar-refractivity contribution is 6.03. The number of anilines is 1. The predicted octanol–water partition coefficient (Wildman–Crippen LogP) is 3.61. The number of nitro groups is 1. The molecule has 3 rings (SSSR count). The number of hydrazone groups is 1. The van der Waals surface area contributed by atoms with E-state index in [1.165, 1.54) is 18.3 Å². The number of hydrogen-bond acceptors (Lipinski definition) is 7. The number of aromatic nitrogens is 1. The summed E-state index contributed by atoms with van der Waals surface area (Å²) in [5, 5.41) is 16.8. The first-order valence-electron chi connectivity index (χ1n) is 7.66. The first-order chi connectivity index (χ1) is 12.6. The van der Waals surface area contributed by atoms with Crippen molar-refractivity contribution in [2.24, 2.45) is 5.10 Å². The van der Waals surface area contributed by atoms with Gasteiger partial charge < -0.3 is 9.47 Å². The number of methoxy groups -OCH3 is 2. The summed E-state index contributed by atoms with van der Waals surface area (Å²) in [6.07, 6.45) is 2.78. The van der Waals surface area contributed by atoms with Crippen molar-refractivity contribution in [2.75, 3.05) is 19.6 Å². The van der Waals surface area contributed by atoms with Crippen LogP contribution >= 0.6 is 0 Å². The zero-order valence-corrected chi connectivity index (χ0v) is 14.2. The molecule has 3 aromatic rings. The first kappa shape index (κ1) is 17.2. The lowest BCUT2D eigenvalue weighted by molar-refractivity contribution is -0.385. The van der Waals surface area contributed by atoms with E-state index in [0.29, 0.717) is 11.6 Å². The molecule has 0 amide bonds. The molecular formula is C18H16N4O4. The molecule has 0 radical (unpaired) electrons. The Kier molecular flexibility index (Phi) is 4.93. The molecule has 0 spiro atoms. The zero-order chi connectivity index (χ0) is 18.5. The standard InChI is InChI=1S/C18H16N4O4/c1-25-14-6-3-12-4-7-17(26-2)16(15(12)9-14)11-20-21-18-8-5-13(10-19-18)22(23)24/h3-11H,1-2H3,(H,19,21)/b20-11+. The average molecular weight is 352 g/mol. The van der Waals surface area contributed by atoms with E-state index < -0.39 is 4.92 Å². The summed E-state index contributed by atoms with van der Waals surface area (Å²) < 4.78 is 10.7. The third-order valence-corrected chi connectivity index (χ3v) is 3.78. The minimum atomic E-state index is -0.506. The Bertz CT molecular complexity index is 966. The van der Waals surface area contributed by atoms with Gasteiger partial charge in [-0.05, 0) is 35.0 Å². The van der Waals surface area contributed by atoms with Gasteiger partial charge in [-0.15, -0.1) is 0 Å². The summed E-state index contributed by atoms with van der Waals surface area (Å²) in [5.74, 6) is 1.78. The van der Waals surface area contributed by atoms with Crippen LogP contribution in [0.4, 0.5) is 11.5 Å². The Morgan fingerprint density at radius 2 is 1.96 bits per heavy atom. The van der Waals surface area contributed by atoms with Crippen molar-refractivity contribution in [1.29, 1.82) is 0 Å². The van der Waals surface area contributed by atoms with Gasteiger partial charge in [-0.3, -0.25) is 15.5 Å². The van der Waals surface area contributed by atoms with Gasteiger partial charge in [0, 0.05) is 11.6 Å². The van der Waals surface area contributed by atoms with Crippen molar-refractivity contribution in [2.45, 2.75) is 0 Å². The molecule has 1 aromatic heterocycles. The normalized spacial score (nSPS) is 10.8. The van der Waals surface area contributed by atoms with Crippen LogP contribution in [-0.4, -0.2) is 30.3 Å². The summed E-state index contributed by atoms with van der Waals surface area (Å²) in [6.45, 7) is 0. The van der Waals surface area contributed by atoms with Crippen molar-refractivity contribution in [3.05, 3.63) is 64.3 Å². The Labute approximate surface area is 149 Å². The Morgan fingerprint density at radius 3 is 2.62 bits per heavy atom. The van der Waals surface area contributed by atoms with Crippen molar-refractivity contribution in [3.63, 3.8) is 0 Å². The maximum atomic E-state index is 10.6. The largest absolute Gasteiger partial charge is 0.497 e. The van der Waals surface area contributed by atoms with Crippen LogP contribution in [0.15, 0.2) is 53.8 Å². The minimum Gasteiger partial charge on any atom is -0.497 e. The van der Waals surface area contributed by atoms with Gasteiger partial charge in [0.1, 0.15) is 23.5 Å². The van der Waals surface area contributed by atoms with Crippen LogP contribution in [0.3, 0.4) is 0 Å². The number of ether oxygens (including phenoxy) is 2. The van der Waals surface area contributed by atoms with Crippen molar-refractivity contribution in [1.82, 2.24) is 4.98 Å². The Hall–Kier alpha value is -3.68. The number of nitrogens with zero attached hydrogens (tertiary/aromatic N) is 3. The van der Waals surface area contributed by atoms with E-state index in [1.807, 2.05) is 30.3 Å². The molecule has 132 valence electrons. The second kappa shape index (κ2) is 7.47. The van der Waals surface area contributed by atoms with E-state index in [1.54, 1.807) is 20.4 Å². The third kappa shape index (κ3) is 3.54. The molecule has 1 heterocycles. The quantitative estimate of drug-likeness (QED) is 0.413. The Morgan fingerprint density at radius 1 is 1.15 bits per heavy atom. The van der Waals surface area contributed by atoms with Crippen LogP contribution in [0.1, 0.15) is 5.56 Å². The molecule has 0 aliphatic carbocycles. The van der Waals surface area contributed by atoms with Crippen LogP contribution < -0.4 is 14.9 Å². The van der Waals surface area contributed by atoms with Crippen LogP contribution in [-0.2, 0) is 0 Å². The summed E-state index contributed by atoms with van der Waals surface area (Å²) in [5.41, 5.74) is 3.45. The molecule has 0 saturated heterocycles. The van der Waals surface area contributed by atoms with Crippen LogP contribution in [0, 0.1) is 10.1 Å². The van der Waals surface area contributed by atoms with E-state index in [-0.39, 0.29) is 5.69 Å². The maximum Gasteiger partial charge on any atom is 0.287 e. The van der Waals surface area contributed by atoms with E-state index in [2.05, 4.69) is 15.5 Å². The molecule has 8 nitrogen and oxygen atoms in total. The van der Waals surface area contributed by atoms with Gasteiger partial charge in [0.15, 0.2) is 0 Å². The summed E-state index contributed by atoms with van der Waals surface area (Å²) in [6, 6.07) is 12.4. The molecule has 0 fully saturated rings. The van der Waals surface area contributed by atoms with Crippen molar-refractivity contribution in [3.8, 4) is 11.5 Å². The molecule has 0 aliphatic heterocycles. The van der Waals surface area contributed by atoms with Crippen molar-refractivity contribution >= 4 is 28.5 Å². The minimum absolute atomic E-state index is 0.0812. The highest BCUT2D eigenvalue weighted by atomic mass is 16.6. The second-order valence-electron chi connectivity index (χ2n) is 5.30. The van der Waals surface area contributed by atoms with Gasteiger partial charge in [0.2, 0.25) is 0 Å². The van der Waals surface area contributed by atoms with E-state index in [0.717, 1.165) is 22.1 Å².